The number of rotatable bonds is 11. The number of likely N-dealkylation sites (N-methyl/N-ethyl adjacent to an activating group) is 1. The van der Waals surface area contributed by atoms with Crippen LogP contribution >= 0.6 is 0 Å². The van der Waals surface area contributed by atoms with Crippen LogP contribution in [0.25, 0.3) is 0 Å². The van der Waals surface area contributed by atoms with Gasteiger partial charge in [-0.15, -0.1) is 0 Å². The molecule has 0 unspecified atom stereocenters. The summed E-state index contributed by atoms with van der Waals surface area (Å²) in [7, 11) is -0.389. The van der Waals surface area contributed by atoms with Crippen LogP contribution in [-0.2, 0) is 26.2 Å². The molecule has 2 aromatic rings. The first-order valence-corrected chi connectivity index (χ1v) is 12.2. The number of carbonyl (C=O) groups excluding carboxylic acids is 2. The van der Waals surface area contributed by atoms with Gasteiger partial charge in [0, 0.05) is 26.6 Å². The number of hydrogen-bond acceptors (Lipinski definition) is 5. The van der Waals surface area contributed by atoms with E-state index in [4.69, 9.17) is 4.74 Å². The molecule has 0 saturated carbocycles. The Balaban J connectivity index is 2.11. The number of sulfonamides is 1. The third-order valence-corrected chi connectivity index (χ3v) is 6.32. The number of benzene rings is 2. The Hall–Kier alpha value is -3.07. The Labute approximate surface area is 190 Å². The van der Waals surface area contributed by atoms with Crippen molar-refractivity contribution in [3.8, 4) is 5.75 Å². The van der Waals surface area contributed by atoms with Crippen molar-refractivity contribution >= 4 is 27.5 Å². The topological polar surface area (TPSA) is 96.0 Å². The first-order valence-electron chi connectivity index (χ1n) is 10.3. The van der Waals surface area contributed by atoms with Crippen molar-refractivity contribution in [1.29, 1.82) is 0 Å². The first-order chi connectivity index (χ1) is 15.2. The van der Waals surface area contributed by atoms with Gasteiger partial charge in [0.15, 0.2) is 0 Å². The van der Waals surface area contributed by atoms with E-state index in [1.807, 2.05) is 18.2 Å². The highest BCUT2D eigenvalue weighted by atomic mass is 32.2. The second kappa shape index (κ2) is 11.5. The summed E-state index contributed by atoms with van der Waals surface area (Å²) in [5, 5.41) is 2.58. The fourth-order valence-electron chi connectivity index (χ4n) is 3.32. The third-order valence-electron chi connectivity index (χ3n) is 5.12. The summed E-state index contributed by atoms with van der Waals surface area (Å²) in [6, 6.07) is 15.4. The standard InChI is InChI=1S/C23H31N3O5S/c1-18(23(28)24-2)25(17-19-12-14-21(31-3)15-13-19)22(27)11-8-16-26(32(4,29)30)20-9-6-5-7-10-20/h5-7,9-10,12-15,18H,8,11,16-17H2,1-4H3,(H,24,28)/t18-/m1/s1. The number of nitrogens with zero attached hydrogens (tertiary/aromatic N) is 2. The van der Waals surface area contributed by atoms with Gasteiger partial charge in [0.05, 0.1) is 19.1 Å². The minimum Gasteiger partial charge on any atom is -0.497 e. The van der Waals surface area contributed by atoms with Crippen LogP contribution in [0, 0.1) is 0 Å². The molecule has 8 nitrogen and oxygen atoms in total. The summed E-state index contributed by atoms with van der Waals surface area (Å²) in [6.45, 7) is 2.10. The molecule has 0 heterocycles. The quantitative estimate of drug-likeness (QED) is 0.554. The second-order valence-electron chi connectivity index (χ2n) is 7.43. The summed E-state index contributed by atoms with van der Waals surface area (Å²) in [5.74, 6) is 0.208. The van der Waals surface area contributed by atoms with Crippen molar-refractivity contribution in [3.63, 3.8) is 0 Å². The SMILES string of the molecule is CNC(=O)[C@@H](C)N(Cc1ccc(OC)cc1)C(=O)CCCN(c1ccccc1)S(C)(=O)=O. The average molecular weight is 462 g/mol. The minimum atomic E-state index is -3.49. The number of hydrogen-bond donors (Lipinski definition) is 1. The van der Waals surface area contributed by atoms with Crippen LogP contribution in [0.2, 0.25) is 0 Å². The molecule has 0 aliphatic rings. The molecule has 174 valence electrons. The molecule has 2 amide bonds. The number of para-hydroxylation sites is 1. The van der Waals surface area contributed by atoms with Crippen molar-refractivity contribution in [2.24, 2.45) is 0 Å². The van der Waals surface area contributed by atoms with Crippen LogP contribution in [0.3, 0.4) is 0 Å². The van der Waals surface area contributed by atoms with E-state index < -0.39 is 16.1 Å². The van der Waals surface area contributed by atoms with Crippen LogP contribution in [0.5, 0.6) is 5.75 Å². The molecular weight excluding hydrogens is 430 g/mol. The molecule has 32 heavy (non-hydrogen) atoms. The molecule has 1 N–H and O–H groups in total. The Morgan fingerprint density at radius 3 is 2.22 bits per heavy atom. The van der Waals surface area contributed by atoms with Crippen molar-refractivity contribution in [2.45, 2.75) is 32.4 Å². The predicted octanol–water partition coefficient (Wildman–Crippen LogP) is 2.40. The Morgan fingerprint density at radius 1 is 1.06 bits per heavy atom. The van der Waals surface area contributed by atoms with Gasteiger partial charge in [-0.2, -0.15) is 0 Å². The van der Waals surface area contributed by atoms with Gasteiger partial charge in [0.2, 0.25) is 21.8 Å². The van der Waals surface area contributed by atoms with Crippen LogP contribution < -0.4 is 14.4 Å². The number of ether oxygens (including phenoxy) is 1. The van der Waals surface area contributed by atoms with Crippen molar-refractivity contribution in [2.75, 3.05) is 31.3 Å². The van der Waals surface area contributed by atoms with Crippen LogP contribution in [0.4, 0.5) is 5.69 Å². The van der Waals surface area contributed by atoms with Crippen LogP contribution in [-0.4, -0.2) is 58.1 Å². The average Bonchev–Trinajstić information content (AvgIpc) is 2.79. The van der Waals surface area contributed by atoms with Crippen molar-refractivity contribution in [1.82, 2.24) is 10.2 Å². The summed E-state index contributed by atoms with van der Waals surface area (Å²) >= 11 is 0. The van der Waals surface area contributed by atoms with E-state index in [9.17, 15) is 18.0 Å². The molecule has 0 radical (unpaired) electrons. The zero-order valence-corrected chi connectivity index (χ0v) is 19.8. The minimum absolute atomic E-state index is 0.107. The van der Waals surface area contributed by atoms with Gasteiger partial charge in [-0.3, -0.25) is 13.9 Å². The predicted molar refractivity (Wildman–Crippen MR) is 125 cm³/mol. The molecule has 9 heteroatoms. The Bertz CT molecular complexity index is 994. The molecular formula is C23H31N3O5S. The Morgan fingerprint density at radius 2 is 1.69 bits per heavy atom. The first kappa shape index (κ1) is 25.2. The highest BCUT2D eigenvalue weighted by molar-refractivity contribution is 7.92. The lowest BCUT2D eigenvalue weighted by Gasteiger charge is -2.29. The summed E-state index contributed by atoms with van der Waals surface area (Å²) in [5.41, 5.74) is 1.41. The smallest absolute Gasteiger partial charge is 0.242 e. The van der Waals surface area contributed by atoms with Gasteiger partial charge >= 0.3 is 0 Å². The molecule has 0 aliphatic heterocycles. The van der Waals surface area contributed by atoms with E-state index in [2.05, 4.69) is 5.32 Å². The zero-order chi connectivity index (χ0) is 23.7. The van der Waals surface area contributed by atoms with E-state index in [-0.39, 0.29) is 31.3 Å². The van der Waals surface area contributed by atoms with Gasteiger partial charge in [-0.05, 0) is 43.2 Å². The molecule has 0 saturated heterocycles. The van der Waals surface area contributed by atoms with E-state index in [1.54, 1.807) is 50.4 Å². The normalized spacial score (nSPS) is 12.0. The third kappa shape index (κ3) is 6.98. The number of carbonyl (C=O) groups is 2. The van der Waals surface area contributed by atoms with E-state index in [1.165, 1.54) is 16.3 Å². The maximum Gasteiger partial charge on any atom is 0.242 e. The highest BCUT2D eigenvalue weighted by Crippen LogP contribution is 2.19. The number of nitrogens with one attached hydrogen (secondary N) is 1. The lowest BCUT2D eigenvalue weighted by atomic mass is 10.1. The van der Waals surface area contributed by atoms with Crippen LogP contribution in [0.1, 0.15) is 25.3 Å². The fourth-order valence-corrected chi connectivity index (χ4v) is 4.28. The van der Waals surface area contributed by atoms with Gasteiger partial charge < -0.3 is 15.0 Å². The molecule has 0 aromatic heterocycles. The fraction of sp³-hybridized carbons (Fsp3) is 0.391. The Kier molecular flexibility index (Phi) is 9.07. The molecule has 0 aliphatic carbocycles. The van der Waals surface area contributed by atoms with Gasteiger partial charge in [-0.25, -0.2) is 8.42 Å². The highest BCUT2D eigenvalue weighted by Gasteiger charge is 2.26. The molecule has 0 spiro atoms. The van der Waals surface area contributed by atoms with Crippen LogP contribution in [0.15, 0.2) is 54.6 Å². The van der Waals surface area contributed by atoms with Gasteiger partial charge in [0.25, 0.3) is 0 Å². The summed E-state index contributed by atoms with van der Waals surface area (Å²) < 4.78 is 30.9. The van der Waals surface area contributed by atoms with E-state index in [0.29, 0.717) is 17.9 Å². The number of amides is 2. The molecule has 0 fully saturated rings. The summed E-state index contributed by atoms with van der Waals surface area (Å²) in [4.78, 5) is 26.8. The number of anilines is 1. The van der Waals surface area contributed by atoms with Gasteiger partial charge in [0.1, 0.15) is 11.8 Å². The molecule has 2 aromatic carbocycles. The maximum atomic E-state index is 13.1. The zero-order valence-electron chi connectivity index (χ0n) is 18.9. The van der Waals surface area contributed by atoms with E-state index in [0.717, 1.165) is 11.8 Å². The van der Waals surface area contributed by atoms with E-state index >= 15 is 0 Å². The molecule has 0 bridgehead atoms. The largest absolute Gasteiger partial charge is 0.497 e. The van der Waals surface area contributed by atoms with Crippen molar-refractivity contribution in [3.05, 3.63) is 60.2 Å². The lowest BCUT2D eigenvalue weighted by molar-refractivity contribution is -0.140. The molecule has 1 atom stereocenters. The summed E-state index contributed by atoms with van der Waals surface area (Å²) in [6.07, 6.45) is 1.57. The monoisotopic (exact) mass is 461 g/mol. The lowest BCUT2D eigenvalue weighted by Crippen LogP contribution is -2.46. The second-order valence-corrected chi connectivity index (χ2v) is 9.34. The molecule has 2 rings (SSSR count). The maximum absolute atomic E-state index is 13.1. The van der Waals surface area contributed by atoms with Crippen molar-refractivity contribution < 1.29 is 22.7 Å². The van der Waals surface area contributed by atoms with Gasteiger partial charge in [-0.1, -0.05) is 30.3 Å². The number of methoxy groups -OCH3 is 1.